The van der Waals surface area contributed by atoms with E-state index in [4.69, 9.17) is 0 Å². The number of fused-ring (bicyclic) bond motifs is 1. The first kappa shape index (κ1) is 14.1. The van der Waals surface area contributed by atoms with Crippen LogP contribution in [0.2, 0.25) is 0 Å². The number of anilines is 1. The monoisotopic (exact) mass is 326 g/mol. The van der Waals surface area contributed by atoms with Gasteiger partial charge in [0.1, 0.15) is 0 Å². The lowest BCUT2D eigenvalue weighted by Gasteiger charge is -2.20. The molecule has 2 rings (SSSR count). The maximum absolute atomic E-state index is 11.2. The highest BCUT2D eigenvalue weighted by Crippen LogP contribution is 2.26. The molecule has 0 fully saturated rings. The Kier molecular flexibility index (Phi) is 4.01. The van der Waals surface area contributed by atoms with Gasteiger partial charge in [0.25, 0.3) is 0 Å². The molecule has 0 radical (unpaired) electrons. The van der Waals surface area contributed by atoms with Crippen molar-refractivity contribution in [2.45, 2.75) is 26.3 Å². The van der Waals surface area contributed by atoms with Crippen molar-refractivity contribution in [1.82, 2.24) is 15.3 Å². The standard InChI is InChI=1S/C13H19BrN4O/c1-13(2,3)16-5-4-15-9-7-11-10(6-8(9)14)17-12(19)18-11/h6-7,15-16H,4-5H2,1-3H3,(H2,17,18,19). The number of H-pyrrole nitrogens is 2. The summed E-state index contributed by atoms with van der Waals surface area (Å²) in [5.74, 6) is 0. The topological polar surface area (TPSA) is 72.7 Å². The van der Waals surface area contributed by atoms with E-state index < -0.39 is 0 Å². The Morgan fingerprint density at radius 3 is 2.42 bits per heavy atom. The average Bonchev–Trinajstić information content (AvgIpc) is 2.62. The zero-order valence-electron chi connectivity index (χ0n) is 11.4. The van der Waals surface area contributed by atoms with Crippen LogP contribution in [-0.2, 0) is 0 Å². The number of imidazole rings is 1. The number of aromatic nitrogens is 2. The van der Waals surface area contributed by atoms with Gasteiger partial charge in [-0.05, 0) is 48.8 Å². The van der Waals surface area contributed by atoms with Gasteiger partial charge in [-0.3, -0.25) is 0 Å². The molecule has 1 aromatic heterocycles. The lowest BCUT2D eigenvalue weighted by atomic mass is 10.1. The minimum absolute atomic E-state index is 0.120. The largest absolute Gasteiger partial charge is 0.383 e. The zero-order valence-corrected chi connectivity index (χ0v) is 12.9. The van der Waals surface area contributed by atoms with Crippen LogP contribution in [0.1, 0.15) is 20.8 Å². The van der Waals surface area contributed by atoms with E-state index >= 15 is 0 Å². The van der Waals surface area contributed by atoms with Crippen LogP contribution < -0.4 is 16.3 Å². The Balaban J connectivity index is 2.04. The van der Waals surface area contributed by atoms with Gasteiger partial charge < -0.3 is 20.6 Å². The fraction of sp³-hybridized carbons (Fsp3) is 0.462. The maximum atomic E-state index is 11.2. The second-order valence-corrected chi connectivity index (χ2v) is 6.41. The molecule has 5 nitrogen and oxygen atoms in total. The summed E-state index contributed by atoms with van der Waals surface area (Å²) in [5.41, 5.74) is 2.51. The number of nitrogens with one attached hydrogen (secondary N) is 4. The van der Waals surface area contributed by atoms with Gasteiger partial charge in [0.2, 0.25) is 0 Å². The normalized spacial score (nSPS) is 12.0. The molecule has 0 aliphatic rings. The van der Waals surface area contributed by atoms with Crippen LogP contribution in [0.15, 0.2) is 21.4 Å². The Hall–Kier alpha value is -1.27. The number of aromatic amines is 2. The Bertz CT molecular complexity index is 624. The number of hydrogen-bond acceptors (Lipinski definition) is 3. The molecule has 0 spiro atoms. The van der Waals surface area contributed by atoms with Crippen molar-refractivity contribution in [3.63, 3.8) is 0 Å². The highest BCUT2D eigenvalue weighted by molar-refractivity contribution is 9.10. The molecule has 104 valence electrons. The summed E-state index contributed by atoms with van der Waals surface area (Å²) in [7, 11) is 0. The average molecular weight is 327 g/mol. The zero-order chi connectivity index (χ0) is 14.0. The lowest BCUT2D eigenvalue weighted by Crippen LogP contribution is -2.38. The molecule has 0 amide bonds. The van der Waals surface area contributed by atoms with Crippen molar-refractivity contribution in [3.05, 3.63) is 27.1 Å². The van der Waals surface area contributed by atoms with Gasteiger partial charge in [-0.1, -0.05) is 0 Å². The molecule has 0 aliphatic heterocycles. The van der Waals surface area contributed by atoms with Crippen LogP contribution in [0.4, 0.5) is 5.69 Å². The summed E-state index contributed by atoms with van der Waals surface area (Å²) in [6.45, 7) is 8.10. The molecule has 1 heterocycles. The van der Waals surface area contributed by atoms with Crippen LogP contribution in [0.3, 0.4) is 0 Å². The van der Waals surface area contributed by atoms with E-state index in [0.717, 1.165) is 34.3 Å². The molecule has 0 saturated heterocycles. The molecule has 0 atom stereocenters. The third-order valence-electron chi connectivity index (χ3n) is 2.70. The summed E-state index contributed by atoms with van der Waals surface area (Å²) in [6.07, 6.45) is 0. The highest BCUT2D eigenvalue weighted by atomic mass is 79.9. The van der Waals surface area contributed by atoms with Crippen LogP contribution in [0.25, 0.3) is 11.0 Å². The predicted octanol–water partition coefficient (Wildman–Crippen LogP) is 2.42. The van der Waals surface area contributed by atoms with Crippen molar-refractivity contribution in [2.75, 3.05) is 18.4 Å². The first-order valence-corrected chi connectivity index (χ1v) is 7.05. The van der Waals surface area contributed by atoms with Crippen molar-refractivity contribution >= 4 is 32.7 Å². The molecule has 0 bridgehead atoms. The maximum Gasteiger partial charge on any atom is 0.323 e. The summed E-state index contributed by atoms with van der Waals surface area (Å²) in [6, 6.07) is 3.82. The van der Waals surface area contributed by atoms with E-state index in [2.05, 4.69) is 57.3 Å². The van der Waals surface area contributed by atoms with Gasteiger partial charge in [0, 0.05) is 23.1 Å². The number of hydrogen-bond donors (Lipinski definition) is 4. The molecule has 0 unspecified atom stereocenters. The molecular weight excluding hydrogens is 308 g/mol. The van der Waals surface area contributed by atoms with E-state index in [1.54, 1.807) is 0 Å². The Labute approximate surface area is 120 Å². The third-order valence-corrected chi connectivity index (χ3v) is 3.36. The van der Waals surface area contributed by atoms with Crippen molar-refractivity contribution in [2.24, 2.45) is 0 Å². The van der Waals surface area contributed by atoms with Gasteiger partial charge >= 0.3 is 5.69 Å². The van der Waals surface area contributed by atoms with Gasteiger partial charge in [0.15, 0.2) is 0 Å². The van der Waals surface area contributed by atoms with E-state index in [1.807, 2.05) is 12.1 Å². The fourth-order valence-electron chi connectivity index (χ4n) is 1.83. The van der Waals surface area contributed by atoms with E-state index in [0.29, 0.717) is 0 Å². The van der Waals surface area contributed by atoms with E-state index in [9.17, 15) is 4.79 Å². The third kappa shape index (κ3) is 3.84. The molecule has 2 aromatic rings. The lowest BCUT2D eigenvalue weighted by molar-refractivity contribution is 0.435. The molecular formula is C13H19BrN4O. The predicted molar refractivity (Wildman–Crippen MR) is 82.9 cm³/mol. The molecule has 1 aromatic carbocycles. The molecule has 19 heavy (non-hydrogen) atoms. The second kappa shape index (κ2) is 5.38. The smallest absolute Gasteiger partial charge is 0.323 e. The summed E-state index contributed by atoms with van der Waals surface area (Å²) < 4.78 is 0.936. The fourth-order valence-corrected chi connectivity index (χ4v) is 2.31. The van der Waals surface area contributed by atoms with Crippen molar-refractivity contribution in [1.29, 1.82) is 0 Å². The van der Waals surface area contributed by atoms with Gasteiger partial charge in [-0.2, -0.15) is 0 Å². The number of rotatable bonds is 4. The van der Waals surface area contributed by atoms with E-state index in [1.165, 1.54) is 0 Å². The summed E-state index contributed by atoms with van der Waals surface area (Å²) in [4.78, 5) is 16.7. The molecule has 4 N–H and O–H groups in total. The SMILES string of the molecule is CC(C)(C)NCCNc1cc2[nH]c(=O)[nH]c2cc1Br. The van der Waals surface area contributed by atoms with Crippen molar-refractivity contribution in [3.8, 4) is 0 Å². The van der Waals surface area contributed by atoms with Crippen LogP contribution in [-0.4, -0.2) is 28.6 Å². The van der Waals surface area contributed by atoms with Crippen LogP contribution in [0, 0.1) is 0 Å². The first-order chi connectivity index (χ1) is 8.85. The quantitative estimate of drug-likeness (QED) is 0.652. The highest BCUT2D eigenvalue weighted by Gasteiger charge is 2.08. The van der Waals surface area contributed by atoms with Gasteiger partial charge in [-0.15, -0.1) is 0 Å². The number of benzene rings is 1. The summed E-state index contributed by atoms with van der Waals surface area (Å²) >= 11 is 3.50. The molecule has 0 saturated carbocycles. The minimum Gasteiger partial charge on any atom is -0.383 e. The van der Waals surface area contributed by atoms with E-state index in [-0.39, 0.29) is 11.2 Å². The first-order valence-electron chi connectivity index (χ1n) is 6.25. The summed E-state index contributed by atoms with van der Waals surface area (Å²) in [5, 5.41) is 6.75. The minimum atomic E-state index is -0.187. The molecule has 0 aliphatic carbocycles. The van der Waals surface area contributed by atoms with Crippen LogP contribution in [0.5, 0.6) is 0 Å². The Morgan fingerprint density at radius 1 is 1.16 bits per heavy atom. The Morgan fingerprint density at radius 2 is 1.79 bits per heavy atom. The second-order valence-electron chi connectivity index (χ2n) is 5.56. The van der Waals surface area contributed by atoms with Crippen molar-refractivity contribution < 1.29 is 0 Å². The number of halogens is 1. The van der Waals surface area contributed by atoms with Gasteiger partial charge in [-0.25, -0.2) is 4.79 Å². The molecule has 6 heteroatoms. The van der Waals surface area contributed by atoms with Gasteiger partial charge in [0.05, 0.1) is 16.7 Å². The van der Waals surface area contributed by atoms with Crippen LogP contribution >= 0.6 is 15.9 Å².